The van der Waals surface area contributed by atoms with Crippen molar-refractivity contribution in [3.05, 3.63) is 60.2 Å². The topological polar surface area (TPSA) is 49.4 Å². The second kappa shape index (κ2) is 6.65. The summed E-state index contributed by atoms with van der Waals surface area (Å²) in [6, 6.07) is 17.3. The third-order valence-corrected chi connectivity index (χ3v) is 4.22. The van der Waals surface area contributed by atoms with Gasteiger partial charge in [0.05, 0.1) is 0 Å². The molecule has 4 nitrogen and oxygen atoms in total. The van der Waals surface area contributed by atoms with E-state index in [1.165, 1.54) is 0 Å². The van der Waals surface area contributed by atoms with E-state index in [4.69, 9.17) is 0 Å². The van der Waals surface area contributed by atoms with E-state index < -0.39 is 0 Å². The first-order valence-corrected chi connectivity index (χ1v) is 7.95. The Morgan fingerprint density at radius 3 is 2.39 bits per heavy atom. The van der Waals surface area contributed by atoms with Gasteiger partial charge < -0.3 is 10.2 Å². The Labute approximate surface area is 136 Å². The smallest absolute Gasteiger partial charge is 0.254 e. The van der Waals surface area contributed by atoms with Crippen molar-refractivity contribution in [2.45, 2.75) is 19.4 Å². The first kappa shape index (κ1) is 15.3. The van der Waals surface area contributed by atoms with Gasteiger partial charge in [-0.15, -0.1) is 0 Å². The quantitative estimate of drug-likeness (QED) is 0.948. The van der Waals surface area contributed by atoms with Gasteiger partial charge in [-0.1, -0.05) is 49.4 Å². The van der Waals surface area contributed by atoms with E-state index in [2.05, 4.69) is 5.32 Å². The number of hydrogen-bond acceptors (Lipinski definition) is 2. The standard InChI is InChI=1S/C19H20N2O2/c1-2-17-18(22)20-12-13-21(17)19(23)16-10-8-15(9-11-16)14-6-4-3-5-7-14/h3-11,17H,2,12-13H2,1H3,(H,20,22). The molecule has 0 spiro atoms. The van der Waals surface area contributed by atoms with Gasteiger partial charge in [-0.2, -0.15) is 0 Å². The molecule has 1 aliphatic rings. The summed E-state index contributed by atoms with van der Waals surface area (Å²) < 4.78 is 0. The minimum absolute atomic E-state index is 0.0620. The zero-order valence-electron chi connectivity index (χ0n) is 13.2. The Balaban J connectivity index is 1.81. The minimum atomic E-state index is -0.370. The van der Waals surface area contributed by atoms with E-state index in [0.29, 0.717) is 25.1 Å². The lowest BCUT2D eigenvalue weighted by atomic mass is 10.0. The molecule has 2 aromatic carbocycles. The molecule has 0 bridgehead atoms. The highest BCUT2D eigenvalue weighted by Crippen LogP contribution is 2.21. The van der Waals surface area contributed by atoms with Gasteiger partial charge in [0.15, 0.2) is 0 Å². The van der Waals surface area contributed by atoms with Gasteiger partial charge in [0.1, 0.15) is 6.04 Å². The average Bonchev–Trinajstić information content (AvgIpc) is 2.62. The summed E-state index contributed by atoms with van der Waals surface area (Å²) in [6.07, 6.45) is 0.625. The molecule has 1 saturated heterocycles. The minimum Gasteiger partial charge on any atom is -0.353 e. The summed E-state index contributed by atoms with van der Waals surface area (Å²) in [7, 11) is 0. The van der Waals surface area contributed by atoms with Crippen LogP contribution in [0.1, 0.15) is 23.7 Å². The Morgan fingerprint density at radius 1 is 1.09 bits per heavy atom. The van der Waals surface area contributed by atoms with Gasteiger partial charge >= 0.3 is 0 Å². The van der Waals surface area contributed by atoms with Crippen molar-refractivity contribution < 1.29 is 9.59 Å². The molecule has 0 aliphatic carbocycles. The van der Waals surface area contributed by atoms with Crippen LogP contribution in [0.15, 0.2) is 54.6 Å². The molecule has 2 amide bonds. The van der Waals surface area contributed by atoms with E-state index in [1.807, 2.05) is 61.5 Å². The van der Waals surface area contributed by atoms with Crippen LogP contribution in [0.2, 0.25) is 0 Å². The molecule has 0 aromatic heterocycles. The van der Waals surface area contributed by atoms with Gasteiger partial charge in [-0.3, -0.25) is 9.59 Å². The molecule has 0 radical (unpaired) electrons. The van der Waals surface area contributed by atoms with Crippen molar-refractivity contribution in [1.82, 2.24) is 10.2 Å². The zero-order chi connectivity index (χ0) is 16.2. The summed E-state index contributed by atoms with van der Waals surface area (Å²) in [5.74, 6) is -0.140. The predicted molar refractivity (Wildman–Crippen MR) is 90.0 cm³/mol. The number of rotatable bonds is 3. The Bertz CT molecular complexity index is 695. The molecule has 118 valence electrons. The molecule has 3 rings (SSSR count). The third-order valence-electron chi connectivity index (χ3n) is 4.22. The van der Waals surface area contributed by atoms with E-state index in [9.17, 15) is 9.59 Å². The molecule has 1 fully saturated rings. The lowest BCUT2D eigenvalue weighted by Gasteiger charge is -2.34. The summed E-state index contributed by atoms with van der Waals surface area (Å²) in [6.45, 7) is 3.00. The van der Waals surface area contributed by atoms with Gasteiger partial charge in [0.25, 0.3) is 5.91 Å². The van der Waals surface area contributed by atoms with Crippen molar-refractivity contribution in [1.29, 1.82) is 0 Å². The van der Waals surface area contributed by atoms with Gasteiger partial charge in [0.2, 0.25) is 5.91 Å². The Hall–Kier alpha value is -2.62. The lowest BCUT2D eigenvalue weighted by molar-refractivity contribution is -0.127. The highest BCUT2D eigenvalue weighted by Gasteiger charge is 2.31. The maximum absolute atomic E-state index is 12.7. The van der Waals surface area contributed by atoms with Crippen LogP contribution in [0.3, 0.4) is 0 Å². The van der Waals surface area contributed by atoms with Crippen LogP contribution in [0.5, 0.6) is 0 Å². The van der Waals surface area contributed by atoms with Crippen LogP contribution in [-0.2, 0) is 4.79 Å². The molecular weight excluding hydrogens is 288 g/mol. The number of amides is 2. The second-order valence-electron chi connectivity index (χ2n) is 5.66. The summed E-state index contributed by atoms with van der Waals surface area (Å²) in [5, 5.41) is 2.82. The third kappa shape index (κ3) is 3.11. The number of nitrogens with zero attached hydrogens (tertiary/aromatic N) is 1. The lowest BCUT2D eigenvalue weighted by Crippen LogP contribution is -2.56. The van der Waals surface area contributed by atoms with E-state index in [0.717, 1.165) is 11.1 Å². The van der Waals surface area contributed by atoms with Gasteiger partial charge in [-0.05, 0) is 29.7 Å². The van der Waals surface area contributed by atoms with Crippen molar-refractivity contribution >= 4 is 11.8 Å². The first-order chi connectivity index (χ1) is 11.2. The van der Waals surface area contributed by atoms with Crippen LogP contribution in [0, 0.1) is 0 Å². The summed E-state index contributed by atoms with van der Waals surface area (Å²) in [5.41, 5.74) is 2.82. The monoisotopic (exact) mass is 308 g/mol. The van der Waals surface area contributed by atoms with Crippen molar-refractivity contribution in [2.24, 2.45) is 0 Å². The average molecular weight is 308 g/mol. The Morgan fingerprint density at radius 2 is 1.74 bits per heavy atom. The highest BCUT2D eigenvalue weighted by molar-refractivity contribution is 5.98. The molecule has 0 saturated carbocycles. The van der Waals surface area contributed by atoms with Crippen molar-refractivity contribution in [2.75, 3.05) is 13.1 Å². The molecule has 4 heteroatoms. The fraction of sp³-hybridized carbons (Fsp3) is 0.263. The molecule has 23 heavy (non-hydrogen) atoms. The fourth-order valence-electron chi connectivity index (χ4n) is 2.97. The molecule has 1 heterocycles. The van der Waals surface area contributed by atoms with Crippen LogP contribution in [0.4, 0.5) is 0 Å². The van der Waals surface area contributed by atoms with Crippen LogP contribution < -0.4 is 5.32 Å². The number of benzene rings is 2. The zero-order valence-corrected chi connectivity index (χ0v) is 13.2. The maximum Gasteiger partial charge on any atom is 0.254 e. The SMILES string of the molecule is CCC1C(=O)NCCN1C(=O)c1ccc(-c2ccccc2)cc1. The van der Waals surface area contributed by atoms with E-state index in [1.54, 1.807) is 4.90 Å². The van der Waals surface area contributed by atoms with Crippen molar-refractivity contribution in [3.8, 4) is 11.1 Å². The molecule has 1 unspecified atom stereocenters. The maximum atomic E-state index is 12.7. The largest absolute Gasteiger partial charge is 0.353 e. The van der Waals surface area contributed by atoms with Crippen LogP contribution in [0.25, 0.3) is 11.1 Å². The number of carbonyl (C=O) groups excluding carboxylic acids is 2. The predicted octanol–water partition coefficient (Wildman–Crippen LogP) is 2.70. The molecule has 1 atom stereocenters. The van der Waals surface area contributed by atoms with E-state index >= 15 is 0 Å². The number of hydrogen-bond donors (Lipinski definition) is 1. The van der Waals surface area contributed by atoms with Gasteiger partial charge in [0, 0.05) is 18.7 Å². The second-order valence-corrected chi connectivity index (χ2v) is 5.66. The van der Waals surface area contributed by atoms with Crippen molar-refractivity contribution in [3.63, 3.8) is 0 Å². The van der Waals surface area contributed by atoms with Crippen LogP contribution in [-0.4, -0.2) is 35.8 Å². The first-order valence-electron chi connectivity index (χ1n) is 7.95. The van der Waals surface area contributed by atoms with Gasteiger partial charge in [-0.25, -0.2) is 0 Å². The normalized spacial score (nSPS) is 17.7. The van der Waals surface area contributed by atoms with E-state index in [-0.39, 0.29) is 17.9 Å². The molecule has 1 aliphatic heterocycles. The molecule has 1 N–H and O–H groups in total. The fourth-order valence-corrected chi connectivity index (χ4v) is 2.97. The summed E-state index contributed by atoms with van der Waals surface area (Å²) in [4.78, 5) is 26.3. The molecular formula is C19H20N2O2. The highest BCUT2D eigenvalue weighted by atomic mass is 16.2. The number of carbonyl (C=O) groups is 2. The number of piperazine rings is 1. The molecule has 2 aromatic rings. The number of nitrogens with one attached hydrogen (secondary N) is 1. The summed E-state index contributed by atoms with van der Waals surface area (Å²) >= 11 is 0. The van der Waals surface area contributed by atoms with Crippen LogP contribution >= 0.6 is 0 Å². The Kier molecular flexibility index (Phi) is 4.42.